The van der Waals surface area contributed by atoms with Crippen LogP contribution in [0.15, 0.2) is 65.6 Å². The van der Waals surface area contributed by atoms with Crippen molar-refractivity contribution in [3.63, 3.8) is 0 Å². The molecule has 1 amide bonds. The number of anilines is 2. The summed E-state index contributed by atoms with van der Waals surface area (Å²) < 4.78 is 48.0. The Morgan fingerprint density at radius 1 is 1.11 bits per heavy atom. The molecule has 2 aliphatic rings. The molecule has 186 valence electrons. The van der Waals surface area contributed by atoms with Crippen LogP contribution in [-0.4, -0.2) is 32.9 Å². The minimum atomic E-state index is -4.12. The van der Waals surface area contributed by atoms with Gasteiger partial charge in [0.1, 0.15) is 5.82 Å². The number of halogens is 2. The molecule has 1 heterocycles. The predicted molar refractivity (Wildman–Crippen MR) is 132 cm³/mol. The first-order valence-electron chi connectivity index (χ1n) is 10.9. The van der Waals surface area contributed by atoms with E-state index >= 15 is 0 Å². The number of nitrogens with one attached hydrogen (secondary N) is 3. The van der Waals surface area contributed by atoms with Gasteiger partial charge in [0.2, 0.25) is 0 Å². The van der Waals surface area contributed by atoms with E-state index in [4.69, 9.17) is 11.6 Å². The van der Waals surface area contributed by atoms with Crippen molar-refractivity contribution in [1.82, 2.24) is 5.32 Å². The molecule has 1 saturated carbocycles. The fraction of sp³-hybridized carbons (Fsp3) is 0.200. The number of methoxy groups -OCH3 is 1. The first kappa shape index (κ1) is 24.2. The highest BCUT2D eigenvalue weighted by Gasteiger charge is 2.81. The monoisotopic (exact) mass is 529 g/mol. The normalized spacial score (nSPS) is 21.8. The number of fused-ring (bicyclic) bond motifs is 1. The summed E-state index contributed by atoms with van der Waals surface area (Å²) in [6.07, 6.45) is 0.823. The first-order valence-corrected chi connectivity index (χ1v) is 12.8. The lowest BCUT2D eigenvalue weighted by molar-refractivity contribution is 0.0600. The molecule has 0 bridgehead atoms. The number of hydrogen-bond donors (Lipinski definition) is 3. The third-order valence-corrected chi connectivity index (χ3v) is 8.28. The molecule has 3 aromatic carbocycles. The lowest BCUT2D eigenvalue weighted by atomic mass is 10.0. The number of amides is 1. The third-order valence-electron chi connectivity index (χ3n) is 6.60. The molecule has 1 aliphatic carbocycles. The fourth-order valence-corrected chi connectivity index (χ4v) is 5.83. The van der Waals surface area contributed by atoms with Gasteiger partial charge in [-0.05, 0) is 61.4 Å². The van der Waals surface area contributed by atoms with Crippen LogP contribution in [-0.2, 0) is 20.3 Å². The molecular weight excluding hydrogens is 509 g/mol. The van der Waals surface area contributed by atoms with Crippen molar-refractivity contribution in [2.24, 2.45) is 0 Å². The maximum atomic E-state index is 14.2. The molecule has 0 aromatic heterocycles. The lowest BCUT2D eigenvalue weighted by Crippen LogP contribution is -2.19. The molecular formula is C25H21ClFN3O5S. The zero-order chi connectivity index (χ0) is 25.9. The molecule has 2 atom stereocenters. The Bertz CT molecular complexity index is 1520. The molecule has 0 spiro atoms. The highest BCUT2D eigenvalue weighted by atomic mass is 35.5. The molecule has 8 nitrogen and oxygen atoms in total. The van der Waals surface area contributed by atoms with Crippen LogP contribution < -0.4 is 15.4 Å². The molecule has 1 saturated heterocycles. The van der Waals surface area contributed by atoms with E-state index in [1.807, 2.05) is 6.92 Å². The molecule has 0 radical (unpaired) electrons. The van der Waals surface area contributed by atoms with E-state index in [1.165, 1.54) is 49.6 Å². The summed E-state index contributed by atoms with van der Waals surface area (Å²) >= 11 is 6.00. The smallest absolute Gasteiger partial charge is 0.337 e. The Labute approximate surface area is 211 Å². The van der Waals surface area contributed by atoms with E-state index in [1.54, 1.807) is 12.1 Å². The van der Waals surface area contributed by atoms with Gasteiger partial charge in [-0.2, -0.15) is 0 Å². The molecule has 3 aromatic rings. The second kappa shape index (κ2) is 8.29. The van der Waals surface area contributed by atoms with Gasteiger partial charge in [-0.15, -0.1) is 0 Å². The topological polar surface area (TPSA) is 124 Å². The summed E-state index contributed by atoms with van der Waals surface area (Å²) in [4.78, 5) is 24.5. The van der Waals surface area contributed by atoms with E-state index in [0.29, 0.717) is 5.56 Å². The van der Waals surface area contributed by atoms with Crippen LogP contribution in [0.2, 0.25) is 5.02 Å². The highest BCUT2D eigenvalue weighted by Crippen LogP contribution is 2.70. The highest BCUT2D eigenvalue weighted by molar-refractivity contribution is 7.92. The summed E-state index contributed by atoms with van der Waals surface area (Å²) in [7, 11) is -2.92. The zero-order valence-corrected chi connectivity index (χ0v) is 20.8. The number of benzene rings is 3. The summed E-state index contributed by atoms with van der Waals surface area (Å²) in [5, 5.41) is 5.88. The summed E-state index contributed by atoms with van der Waals surface area (Å²) in [6.45, 7) is 2.03. The van der Waals surface area contributed by atoms with Gasteiger partial charge in [0.15, 0.2) is 0 Å². The van der Waals surface area contributed by atoms with Gasteiger partial charge in [-0.3, -0.25) is 14.8 Å². The summed E-state index contributed by atoms with van der Waals surface area (Å²) in [6, 6.07) is 14.2. The maximum absolute atomic E-state index is 14.2. The predicted octanol–water partition coefficient (Wildman–Crippen LogP) is 4.28. The van der Waals surface area contributed by atoms with E-state index in [-0.39, 0.29) is 43.5 Å². The van der Waals surface area contributed by atoms with Gasteiger partial charge >= 0.3 is 5.97 Å². The second-order valence-electron chi connectivity index (χ2n) is 8.98. The number of rotatable bonds is 7. The second-order valence-corrected chi connectivity index (χ2v) is 11.1. The number of carbonyl (C=O) groups is 2. The average Bonchev–Trinajstić information content (AvgIpc) is 3.63. The van der Waals surface area contributed by atoms with Crippen LogP contribution in [0, 0.1) is 5.82 Å². The van der Waals surface area contributed by atoms with Crippen LogP contribution in [0.25, 0.3) is 0 Å². The van der Waals surface area contributed by atoms with Gasteiger partial charge < -0.3 is 10.1 Å². The molecule has 2 fully saturated rings. The van der Waals surface area contributed by atoms with E-state index < -0.39 is 27.7 Å². The van der Waals surface area contributed by atoms with Gasteiger partial charge in [-0.25, -0.2) is 17.6 Å². The minimum absolute atomic E-state index is 0.0506. The fourth-order valence-electron chi connectivity index (χ4n) is 4.47. The number of carbonyl (C=O) groups excluding carboxylic acids is 2. The number of ether oxygens (including phenoxy) is 1. The molecule has 11 heteroatoms. The van der Waals surface area contributed by atoms with Gasteiger partial charge in [0, 0.05) is 11.2 Å². The van der Waals surface area contributed by atoms with Crippen LogP contribution >= 0.6 is 11.6 Å². The van der Waals surface area contributed by atoms with E-state index in [9.17, 15) is 22.4 Å². The van der Waals surface area contributed by atoms with Crippen LogP contribution in [0.4, 0.5) is 15.8 Å². The Balaban J connectivity index is 1.49. The molecule has 3 N–H and O–H groups in total. The van der Waals surface area contributed by atoms with Crippen LogP contribution in [0.3, 0.4) is 0 Å². The standard InChI is InChI=1S/C25H21ClFN3O5S/c1-24-13-25(24,30-24)17-10-9-15(28-22(31)21-18(26)7-4-8-19(21)27)12-20(17)29-36(33,34)16-6-3-5-14(11-16)23(32)35-2/h3-12,29-30H,13H2,1-2H3,(H,28,31). The van der Waals surface area contributed by atoms with Crippen LogP contribution in [0.5, 0.6) is 0 Å². The molecule has 2 unspecified atom stereocenters. The Hall–Kier alpha value is -3.47. The summed E-state index contributed by atoms with van der Waals surface area (Å²) in [5.74, 6) is -2.22. The Kier molecular flexibility index (Phi) is 5.58. The zero-order valence-electron chi connectivity index (χ0n) is 19.2. The quantitative estimate of drug-likeness (QED) is 0.310. The van der Waals surface area contributed by atoms with Gasteiger partial charge in [0.25, 0.3) is 15.9 Å². The van der Waals surface area contributed by atoms with Crippen LogP contribution in [0.1, 0.15) is 39.6 Å². The van der Waals surface area contributed by atoms with Crippen molar-refractivity contribution in [3.8, 4) is 0 Å². The van der Waals surface area contributed by atoms with Crippen molar-refractivity contribution in [2.75, 3.05) is 17.1 Å². The number of hydrogen-bond acceptors (Lipinski definition) is 6. The molecule has 1 aliphatic heterocycles. The number of sulfonamides is 1. The van der Waals surface area contributed by atoms with Crippen molar-refractivity contribution in [1.29, 1.82) is 0 Å². The number of esters is 1. The van der Waals surface area contributed by atoms with Crippen molar-refractivity contribution < 1.29 is 27.1 Å². The van der Waals surface area contributed by atoms with E-state index in [0.717, 1.165) is 12.5 Å². The SMILES string of the molecule is COC(=O)c1cccc(S(=O)(=O)Nc2cc(NC(=O)c3c(F)cccc3Cl)ccc2C23CC2(C)N3)c1. The van der Waals surface area contributed by atoms with Crippen molar-refractivity contribution in [2.45, 2.75) is 29.3 Å². The Morgan fingerprint density at radius 2 is 1.81 bits per heavy atom. The molecule has 36 heavy (non-hydrogen) atoms. The Morgan fingerprint density at radius 3 is 2.44 bits per heavy atom. The van der Waals surface area contributed by atoms with Gasteiger partial charge in [0.05, 0.1) is 39.4 Å². The lowest BCUT2D eigenvalue weighted by Gasteiger charge is -2.17. The molecule has 5 rings (SSSR count). The summed E-state index contributed by atoms with van der Waals surface area (Å²) in [5.41, 5.74) is 0.468. The van der Waals surface area contributed by atoms with Crippen molar-refractivity contribution >= 4 is 44.9 Å². The van der Waals surface area contributed by atoms with Crippen molar-refractivity contribution in [3.05, 3.63) is 88.2 Å². The average molecular weight is 530 g/mol. The van der Waals surface area contributed by atoms with Gasteiger partial charge in [-0.1, -0.05) is 29.8 Å². The third kappa shape index (κ3) is 4.01. The van der Waals surface area contributed by atoms with E-state index in [2.05, 4.69) is 20.1 Å². The largest absolute Gasteiger partial charge is 0.465 e. The minimum Gasteiger partial charge on any atom is -0.465 e. The maximum Gasteiger partial charge on any atom is 0.337 e. The first-order chi connectivity index (χ1) is 17.0.